The molecule has 1 aliphatic heterocycles. The van der Waals surface area contributed by atoms with Gasteiger partial charge in [0.1, 0.15) is 0 Å². The van der Waals surface area contributed by atoms with E-state index in [9.17, 15) is 9.59 Å². The van der Waals surface area contributed by atoms with Gasteiger partial charge in [-0.2, -0.15) is 0 Å². The van der Waals surface area contributed by atoms with E-state index in [1.807, 2.05) is 24.3 Å². The van der Waals surface area contributed by atoms with Gasteiger partial charge in [0.15, 0.2) is 4.75 Å². The highest BCUT2D eigenvalue weighted by Crippen LogP contribution is 2.45. The summed E-state index contributed by atoms with van der Waals surface area (Å²) in [5, 5.41) is 2.94. The van der Waals surface area contributed by atoms with E-state index in [-0.39, 0.29) is 17.9 Å². The molecule has 3 rings (SSSR count). The van der Waals surface area contributed by atoms with Crippen molar-refractivity contribution in [1.29, 1.82) is 0 Å². The van der Waals surface area contributed by atoms with Gasteiger partial charge in [-0.25, -0.2) is 0 Å². The summed E-state index contributed by atoms with van der Waals surface area (Å²) in [6.07, 6.45) is 2.04. The van der Waals surface area contributed by atoms with Gasteiger partial charge < -0.3 is 10.2 Å². The number of amides is 2. The Morgan fingerprint density at radius 1 is 1.42 bits per heavy atom. The van der Waals surface area contributed by atoms with Gasteiger partial charge in [0.05, 0.1) is 5.69 Å². The number of nitrogens with one attached hydrogen (secondary N) is 1. The number of carbonyl (C=O) groups excluding carboxylic acids is 2. The van der Waals surface area contributed by atoms with E-state index in [2.05, 4.69) is 5.32 Å². The molecule has 4 nitrogen and oxygen atoms in total. The maximum Gasteiger partial charge on any atom is 0.252 e. The first-order chi connectivity index (χ1) is 9.02. The van der Waals surface area contributed by atoms with E-state index >= 15 is 0 Å². The molecule has 19 heavy (non-hydrogen) atoms. The number of carbonyl (C=O) groups is 2. The monoisotopic (exact) mass is 276 g/mol. The minimum Gasteiger partial charge on any atom is -0.352 e. The smallest absolute Gasteiger partial charge is 0.252 e. The van der Waals surface area contributed by atoms with E-state index in [0.29, 0.717) is 0 Å². The summed E-state index contributed by atoms with van der Waals surface area (Å²) >= 11 is 1.35. The lowest BCUT2D eigenvalue weighted by atomic mass is 10.1. The second kappa shape index (κ2) is 4.27. The molecule has 1 aliphatic carbocycles. The molecule has 5 heteroatoms. The van der Waals surface area contributed by atoms with Crippen molar-refractivity contribution in [2.45, 2.75) is 35.4 Å². The molecular weight excluding hydrogens is 260 g/mol. The number of rotatable bonds is 2. The molecule has 0 unspecified atom stereocenters. The molecule has 100 valence electrons. The second-order valence-corrected chi connectivity index (χ2v) is 6.68. The Morgan fingerprint density at radius 2 is 2.11 bits per heavy atom. The Kier molecular flexibility index (Phi) is 2.82. The highest BCUT2D eigenvalue weighted by Gasteiger charge is 2.49. The lowest BCUT2D eigenvalue weighted by molar-refractivity contribution is -0.131. The third-order valence-electron chi connectivity index (χ3n) is 3.60. The van der Waals surface area contributed by atoms with E-state index in [1.54, 1.807) is 18.9 Å². The maximum absolute atomic E-state index is 12.5. The van der Waals surface area contributed by atoms with Gasteiger partial charge in [0.2, 0.25) is 5.91 Å². The van der Waals surface area contributed by atoms with Gasteiger partial charge in [0, 0.05) is 18.0 Å². The standard InChI is InChI=1S/C14H16N2O2S/c1-14(12(17)15-9-7-8-9)13(18)16(2)10-5-3-4-6-11(10)19-14/h3-6,9H,7-8H2,1-2H3,(H,15,17)/t14-/m0/s1. The molecule has 1 fully saturated rings. The number of hydrogen-bond acceptors (Lipinski definition) is 3. The first-order valence-corrected chi connectivity index (χ1v) is 7.21. The zero-order chi connectivity index (χ0) is 13.6. The summed E-state index contributed by atoms with van der Waals surface area (Å²) in [5.41, 5.74) is 0.870. The van der Waals surface area contributed by atoms with Crippen LogP contribution in [-0.2, 0) is 9.59 Å². The molecule has 2 amide bonds. The van der Waals surface area contributed by atoms with Crippen LogP contribution in [0, 0.1) is 0 Å². The lowest BCUT2D eigenvalue weighted by Crippen LogP contribution is -2.55. The molecule has 0 aromatic heterocycles. The van der Waals surface area contributed by atoms with Crippen molar-refractivity contribution in [3.63, 3.8) is 0 Å². The molecule has 1 N–H and O–H groups in total. The van der Waals surface area contributed by atoms with Gasteiger partial charge in [-0.05, 0) is 31.9 Å². The van der Waals surface area contributed by atoms with Crippen LogP contribution in [0.1, 0.15) is 19.8 Å². The molecule has 1 aromatic rings. The van der Waals surface area contributed by atoms with Crippen LogP contribution in [0.5, 0.6) is 0 Å². The Bertz CT molecular complexity index is 556. The Balaban J connectivity index is 1.94. The van der Waals surface area contributed by atoms with Crippen LogP contribution in [-0.4, -0.2) is 29.7 Å². The first kappa shape index (κ1) is 12.5. The Morgan fingerprint density at radius 3 is 2.79 bits per heavy atom. The van der Waals surface area contributed by atoms with Crippen LogP contribution in [0.15, 0.2) is 29.2 Å². The van der Waals surface area contributed by atoms with Crippen molar-refractivity contribution >= 4 is 29.3 Å². The van der Waals surface area contributed by atoms with Crippen LogP contribution < -0.4 is 10.2 Å². The van der Waals surface area contributed by atoms with Crippen LogP contribution in [0.2, 0.25) is 0 Å². The summed E-state index contributed by atoms with van der Waals surface area (Å²) in [4.78, 5) is 27.4. The quantitative estimate of drug-likeness (QED) is 0.838. The average Bonchev–Trinajstić information content (AvgIpc) is 3.20. The first-order valence-electron chi connectivity index (χ1n) is 6.39. The largest absolute Gasteiger partial charge is 0.352 e. The number of thioether (sulfide) groups is 1. The summed E-state index contributed by atoms with van der Waals surface area (Å²) in [6.45, 7) is 1.71. The van der Waals surface area contributed by atoms with Crippen LogP contribution in [0.25, 0.3) is 0 Å². The third-order valence-corrected chi connectivity index (χ3v) is 4.93. The molecule has 0 radical (unpaired) electrons. The summed E-state index contributed by atoms with van der Waals surface area (Å²) in [6, 6.07) is 7.94. The van der Waals surface area contributed by atoms with Gasteiger partial charge in [-0.3, -0.25) is 9.59 Å². The molecule has 1 heterocycles. The minimum absolute atomic E-state index is 0.158. The predicted octanol–water partition coefficient (Wildman–Crippen LogP) is 1.79. The predicted molar refractivity (Wildman–Crippen MR) is 75.3 cm³/mol. The highest BCUT2D eigenvalue weighted by atomic mass is 32.2. The van der Waals surface area contributed by atoms with Gasteiger partial charge in [-0.15, -0.1) is 0 Å². The number of nitrogens with zero attached hydrogens (tertiary/aromatic N) is 1. The fourth-order valence-corrected chi connectivity index (χ4v) is 3.48. The second-order valence-electron chi connectivity index (χ2n) is 5.21. The molecule has 1 atom stereocenters. The van der Waals surface area contributed by atoms with Crippen LogP contribution >= 0.6 is 11.8 Å². The maximum atomic E-state index is 12.5. The number of anilines is 1. The molecule has 1 aromatic carbocycles. The number of hydrogen-bond donors (Lipinski definition) is 1. The van der Waals surface area contributed by atoms with Crippen molar-refractivity contribution in [1.82, 2.24) is 5.32 Å². The fourth-order valence-electron chi connectivity index (χ4n) is 2.21. The van der Waals surface area contributed by atoms with Gasteiger partial charge >= 0.3 is 0 Å². The lowest BCUT2D eigenvalue weighted by Gasteiger charge is -2.36. The van der Waals surface area contributed by atoms with E-state index in [0.717, 1.165) is 23.4 Å². The molecule has 0 spiro atoms. The normalized spacial score (nSPS) is 26.0. The Labute approximate surface area is 116 Å². The van der Waals surface area contributed by atoms with Gasteiger partial charge in [-0.1, -0.05) is 23.9 Å². The van der Waals surface area contributed by atoms with E-state index in [4.69, 9.17) is 0 Å². The number of fused-ring (bicyclic) bond motifs is 1. The molecule has 1 saturated carbocycles. The van der Waals surface area contributed by atoms with Crippen molar-refractivity contribution in [2.24, 2.45) is 0 Å². The van der Waals surface area contributed by atoms with Crippen molar-refractivity contribution in [3.8, 4) is 0 Å². The molecule has 2 aliphatic rings. The van der Waals surface area contributed by atoms with Crippen molar-refractivity contribution < 1.29 is 9.59 Å². The molecule has 0 saturated heterocycles. The van der Waals surface area contributed by atoms with Crippen molar-refractivity contribution in [3.05, 3.63) is 24.3 Å². The summed E-state index contributed by atoms with van der Waals surface area (Å²) < 4.78 is -1.06. The van der Waals surface area contributed by atoms with Crippen molar-refractivity contribution in [2.75, 3.05) is 11.9 Å². The van der Waals surface area contributed by atoms with Crippen LogP contribution in [0.4, 0.5) is 5.69 Å². The van der Waals surface area contributed by atoms with E-state index < -0.39 is 4.75 Å². The van der Waals surface area contributed by atoms with Crippen LogP contribution in [0.3, 0.4) is 0 Å². The Hall–Kier alpha value is -1.49. The molecule has 0 bridgehead atoms. The van der Waals surface area contributed by atoms with E-state index in [1.165, 1.54) is 11.8 Å². The highest BCUT2D eigenvalue weighted by molar-refractivity contribution is 8.02. The average molecular weight is 276 g/mol. The zero-order valence-corrected chi connectivity index (χ0v) is 11.8. The number of para-hydroxylation sites is 1. The fraction of sp³-hybridized carbons (Fsp3) is 0.429. The molecular formula is C14H16N2O2S. The third kappa shape index (κ3) is 2.02. The SMILES string of the molecule is CN1C(=O)[C@](C)(C(=O)NC2CC2)Sc2ccccc21. The summed E-state index contributed by atoms with van der Waals surface area (Å²) in [5.74, 6) is -0.333. The summed E-state index contributed by atoms with van der Waals surface area (Å²) in [7, 11) is 1.73. The number of benzene rings is 1. The zero-order valence-electron chi connectivity index (χ0n) is 11.0. The topological polar surface area (TPSA) is 49.4 Å². The van der Waals surface area contributed by atoms with Gasteiger partial charge in [0.25, 0.3) is 5.91 Å². The minimum atomic E-state index is -1.06.